The number of thiol groups is 1. The Morgan fingerprint density at radius 3 is 1.91 bits per heavy atom. The summed E-state index contributed by atoms with van der Waals surface area (Å²) < 4.78 is 1.06. The van der Waals surface area contributed by atoms with Crippen LogP contribution in [0.1, 0.15) is 102 Å². The lowest BCUT2D eigenvalue weighted by Crippen LogP contribution is -2.27. The van der Waals surface area contributed by atoms with E-state index in [1.807, 2.05) is 0 Å². The van der Waals surface area contributed by atoms with Crippen molar-refractivity contribution in [1.29, 1.82) is 0 Å². The van der Waals surface area contributed by atoms with Crippen molar-refractivity contribution in [3.63, 3.8) is 0 Å². The van der Waals surface area contributed by atoms with E-state index in [0.717, 1.165) is 33.1 Å². The molecule has 0 fully saturated rings. The minimum Gasteiger partial charge on any atom is -0.178 e. The second kappa shape index (κ2) is 10.2. The first-order valence-corrected chi connectivity index (χ1v) is 13.6. The molecule has 0 aliphatic carbocycles. The molecule has 0 saturated carbocycles. The molecule has 0 saturated heterocycles. The summed E-state index contributed by atoms with van der Waals surface area (Å²) in [6.45, 7) is 20.2. The fourth-order valence-corrected chi connectivity index (χ4v) is 6.58. The van der Waals surface area contributed by atoms with Gasteiger partial charge >= 0.3 is 0 Å². The molecule has 2 aromatic rings. The highest BCUT2D eigenvalue weighted by Gasteiger charge is 2.31. The summed E-state index contributed by atoms with van der Waals surface area (Å²) in [7, 11) is 0. The summed E-state index contributed by atoms with van der Waals surface area (Å²) in [5, 5.41) is 1.68. The molecule has 0 heterocycles. The lowest BCUT2D eigenvalue weighted by molar-refractivity contribution is 0.444. The molecule has 0 radical (unpaired) electrons. The van der Waals surface area contributed by atoms with E-state index in [0.29, 0.717) is 5.92 Å². The van der Waals surface area contributed by atoms with Crippen LogP contribution in [0.5, 0.6) is 0 Å². The Hall–Kier alpha value is -0.150. The topological polar surface area (TPSA) is 0 Å². The smallest absolute Gasteiger partial charge is 0.0454 e. The number of hydrogen-bond donors (Lipinski definition) is 1. The minimum atomic E-state index is -0.0785. The van der Waals surface area contributed by atoms with Gasteiger partial charge in [0.15, 0.2) is 0 Å². The van der Waals surface area contributed by atoms with Gasteiger partial charge in [-0.1, -0.05) is 107 Å². The molecule has 2 rings (SSSR count). The second-order valence-electron chi connectivity index (χ2n) is 11.7. The standard InChI is InChI=1S/C28H39BrCl2S/c1-17(19-13-20(26(3,4)5)18(2)12-24(19)30)10-11-28(9,16-32)21-14-22(27(6,7)8)25(31)15-23(21)29/h12-15,17,32H,10-11,16H2,1-9H3. The fourth-order valence-electron chi connectivity index (χ4n) is 4.45. The summed E-state index contributed by atoms with van der Waals surface area (Å²) in [5.74, 6) is 1.12. The molecule has 0 nitrogen and oxygen atoms in total. The Balaban J connectivity index is 2.39. The first-order valence-electron chi connectivity index (χ1n) is 11.4. The maximum Gasteiger partial charge on any atom is 0.0454 e. The van der Waals surface area contributed by atoms with E-state index in [2.05, 4.69) is 103 Å². The van der Waals surface area contributed by atoms with E-state index in [-0.39, 0.29) is 16.2 Å². The maximum atomic E-state index is 6.72. The van der Waals surface area contributed by atoms with Crippen molar-refractivity contribution in [2.45, 2.75) is 97.3 Å². The summed E-state index contributed by atoms with van der Waals surface area (Å²) in [4.78, 5) is 0. The van der Waals surface area contributed by atoms with Crippen LogP contribution in [0.4, 0.5) is 0 Å². The minimum absolute atomic E-state index is 0.0177. The van der Waals surface area contributed by atoms with E-state index in [1.165, 1.54) is 27.8 Å². The van der Waals surface area contributed by atoms with Gasteiger partial charge < -0.3 is 0 Å². The van der Waals surface area contributed by atoms with E-state index in [1.54, 1.807) is 0 Å². The van der Waals surface area contributed by atoms with E-state index >= 15 is 0 Å². The van der Waals surface area contributed by atoms with Crippen LogP contribution in [-0.4, -0.2) is 5.75 Å². The highest BCUT2D eigenvalue weighted by atomic mass is 79.9. The molecule has 2 aromatic carbocycles. The average Bonchev–Trinajstić information content (AvgIpc) is 2.63. The third-order valence-electron chi connectivity index (χ3n) is 6.68. The summed E-state index contributed by atoms with van der Waals surface area (Å²) in [6, 6.07) is 8.80. The van der Waals surface area contributed by atoms with Crippen molar-refractivity contribution in [3.8, 4) is 0 Å². The summed E-state index contributed by atoms with van der Waals surface area (Å²) in [5.41, 5.74) is 6.33. The number of aryl methyl sites for hydroxylation is 1. The molecule has 2 atom stereocenters. The number of hydrogen-bond acceptors (Lipinski definition) is 1. The zero-order chi connectivity index (χ0) is 24.6. The maximum absolute atomic E-state index is 6.72. The SMILES string of the molecule is Cc1cc(Cl)c(C(C)CCC(C)(CS)c2cc(C(C)(C)C)c(Cl)cc2Br)cc1C(C)(C)C. The lowest BCUT2D eigenvalue weighted by Gasteiger charge is -2.33. The first-order chi connectivity index (χ1) is 14.5. The molecule has 0 aliphatic heterocycles. The molecule has 0 spiro atoms. The van der Waals surface area contributed by atoms with Gasteiger partial charge in [-0.3, -0.25) is 0 Å². The van der Waals surface area contributed by atoms with Crippen LogP contribution in [-0.2, 0) is 16.2 Å². The fraction of sp³-hybridized carbons (Fsp3) is 0.571. The Morgan fingerprint density at radius 1 is 0.844 bits per heavy atom. The van der Waals surface area contributed by atoms with Crippen molar-refractivity contribution >= 4 is 51.8 Å². The van der Waals surface area contributed by atoms with E-state index in [9.17, 15) is 0 Å². The molecule has 0 N–H and O–H groups in total. The van der Waals surface area contributed by atoms with Crippen molar-refractivity contribution in [2.24, 2.45) is 0 Å². The number of rotatable bonds is 6. The van der Waals surface area contributed by atoms with Gasteiger partial charge in [-0.25, -0.2) is 0 Å². The number of benzene rings is 2. The van der Waals surface area contributed by atoms with Gasteiger partial charge in [-0.15, -0.1) is 0 Å². The van der Waals surface area contributed by atoms with Gasteiger partial charge in [0.05, 0.1) is 0 Å². The van der Waals surface area contributed by atoms with Gasteiger partial charge in [0.2, 0.25) is 0 Å². The van der Waals surface area contributed by atoms with Crippen molar-refractivity contribution in [3.05, 3.63) is 66.6 Å². The highest BCUT2D eigenvalue weighted by molar-refractivity contribution is 9.10. The van der Waals surface area contributed by atoms with Crippen molar-refractivity contribution < 1.29 is 0 Å². The zero-order valence-corrected chi connectivity index (χ0v) is 25.1. The zero-order valence-electron chi connectivity index (χ0n) is 21.1. The van der Waals surface area contributed by atoms with Crippen LogP contribution < -0.4 is 0 Å². The molecular weight excluding hydrogens is 519 g/mol. The van der Waals surface area contributed by atoms with Gasteiger partial charge in [0.1, 0.15) is 0 Å². The van der Waals surface area contributed by atoms with Gasteiger partial charge in [0, 0.05) is 19.9 Å². The second-order valence-corrected chi connectivity index (χ2v) is 13.6. The third kappa shape index (κ3) is 6.29. The van der Waals surface area contributed by atoms with Crippen LogP contribution >= 0.6 is 51.8 Å². The Morgan fingerprint density at radius 2 is 1.41 bits per heavy atom. The van der Waals surface area contributed by atoms with Crippen LogP contribution in [0.2, 0.25) is 10.0 Å². The molecule has 2 unspecified atom stereocenters. The van der Waals surface area contributed by atoms with Crippen molar-refractivity contribution in [2.75, 3.05) is 5.75 Å². The van der Waals surface area contributed by atoms with Gasteiger partial charge in [-0.05, 0) is 82.2 Å². The van der Waals surface area contributed by atoms with Crippen molar-refractivity contribution in [1.82, 2.24) is 0 Å². The lowest BCUT2D eigenvalue weighted by atomic mass is 9.75. The molecular formula is C28H39BrCl2S. The normalized spacial score (nSPS) is 15.5. The van der Waals surface area contributed by atoms with Crippen LogP contribution in [0.3, 0.4) is 0 Å². The average molecular weight is 558 g/mol. The molecule has 4 heteroatoms. The van der Waals surface area contributed by atoms with Crippen LogP contribution in [0, 0.1) is 6.92 Å². The van der Waals surface area contributed by atoms with Crippen LogP contribution in [0.25, 0.3) is 0 Å². The first kappa shape index (κ1) is 28.1. The molecule has 0 amide bonds. The highest BCUT2D eigenvalue weighted by Crippen LogP contribution is 2.43. The molecule has 32 heavy (non-hydrogen) atoms. The van der Waals surface area contributed by atoms with E-state index < -0.39 is 0 Å². The van der Waals surface area contributed by atoms with Crippen LogP contribution in [0.15, 0.2) is 28.7 Å². The monoisotopic (exact) mass is 556 g/mol. The van der Waals surface area contributed by atoms with E-state index in [4.69, 9.17) is 35.8 Å². The summed E-state index contributed by atoms with van der Waals surface area (Å²) in [6.07, 6.45) is 2.04. The molecule has 0 aliphatic rings. The predicted molar refractivity (Wildman–Crippen MR) is 152 cm³/mol. The van der Waals surface area contributed by atoms with Gasteiger partial charge in [0.25, 0.3) is 0 Å². The third-order valence-corrected chi connectivity index (χ3v) is 8.67. The van der Waals surface area contributed by atoms with Gasteiger partial charge in [-0.2, -0.15) is 12.6 Å². The quantitative estimate of drug-likeness (QED) is 0.335. The largest absolute Gasteiger partial charge is 0.178 e. The predicted octanol–water partition coefficient (Wildman–Crippen LogP) is 10.4. The molecule has 0 aromatic heterocycles. The molecule has 0 bridgehead atoms. The Kier molecular flexibility index (Phi) is 8.98. The summed E-state index contributed by atoms with van der Waals surface area (Å²) >= 11 is 21.9. The Bertz CT molecular complexity index is 969. The Labute approximate surface area is 220 Å². The number of halogens is 3. The molecule has 178 valence electrons.